The summed E-state index contributed by atoms with van der Waals surface area (Å²) in [5, 5.41) is 0.356. The molecule has 0 radical (unpaired) electrons. The van der Waals surface area contributed by atoms with Crippen molar-refractivity contribution in [1.29, 1.82) is 0 Å². The molecule has 0 N–H and O–H groups in total. The molecule has 5 nitrogen and oxygen atoms in total. The number of ether oxygens (including phenoxy) is 1. The van der Waals surface area contributed by atoms with E-state index in [2.05, 4.69) is 65.9 Å². The van der Waals surface area contributed by atoms with Crippen molar-refractivity contribution in [2.75, 3.05) is 31.6 Å². The summed E-state index contributed by atoms with van der Waals surface area (Å²) < 4.78 is 5.73. The van der Waals surface area contributed by atoms with Gasteiger partial charge in [0, 0.05) is 56.7 Å². The molecule has 4 rings (SSSR count). The molecule has 2 aliphatic rings. The first-order valence-electron chi connectivity index (χ1n) is 10.5. The van der Waals surface area contributed by atoms with Gasteiger partial charge in [0.05, 0.1) is 11.8 Å². The minimum atomic E-state index is 0.0585. The fraction of sp³-hybridized carbons (Fsp3) is 0.565. The standard InChI is InChI=1S/C23H31ClN4O/c1-16(17-8-6-5-7-9-17)27-12-10-19-18(14-27)21(26-22(24)25-19)28-13-11-20(29-4)23(2,3)15-28/h5-9,16,20H,10-15H2,1-4H3/t16-,20?/m0/s1. The van der Waals surface area contributed by atoms with Gasteiger partial charge in [-0.3, -0.25) is 4.90 Å². The fourth-order valence-corrected chi connectivity index (χ4v) is 5.06. The second kappa shape index (κ2) is 8.21. The third-order valence-electron chi connectivity index (χ3n) is 6.59. The summed E-state index contributed by atoms with van der Waals surface area (Å²) in [6, 6.07) is 11.1. The van der Waals surface area contributed by atoms with E-state index in [1.54, 1.807) is 0 Å². The monoisotopic (exact) mass is 414 g/mol. The van der Waals surface area contributed by atoms with Crippen LogP contribution in [0.2, 0.25) is 5.28 Å². The van der Waals surface area contributed by atoms with Crippen LogP contribution in [-0.2, 0) is 17.7 Å². The molecule has 1 aromatic carbocycles. The normalized spacial score (nSPS) is 22.9. The molecule has 1 saturated heterocycles. The maximum absolute atomic E-state index is 6.34. The zero-order valence-corrected chi connectivity index (χ0v) is 18.6. The lowest BCUT2D eigenvalue weighted by molar-refractivity contribution is -0.00652. The van der Waals surface area contributed by atoms with Gasteiger partial charge in [-0.1, -0.05) is 44.2 Å². The highest BCUT2D eigenvalue weighted by molar-refractivity contribution is 6.28. The van der Waals surface area contributed by atoms with E-state index in [0.717, 1.165) is 50.5 Å². The van der Waals surface area contributed by atoms with Crippen LogP contribution < -0.4 is 4.90 Å². The topological polar surface area (TPSA) is 41.5 Å². The molecule has 1 unspecified atom stereocenters. The number of piperidine rings is 1. The summed E-state index contributed by atoms with van der Waals surface area (Å²) in [5.74, 6) is 1.01. The summed E-state index contributed by atoms with van der Waals surface area (Å²) in [5.41, 5.74) is 3.73. The highest BCUT2D eigenvalue weighted by Gasteiger charge is 2.38. The molecule has 0 saturated carbocycles. The average Bonchev–Trinajstić information content (AvgIpc) is 2.72. The first-order valence-corrected chi connectivity index (χ1v) is 10.9. The molecule has 29 heavy (non-hydrogen) atoms. The van der Waals surface area contributed by atoms with E-state index >= 15 is 0 Å². The van der Waals surface area contributed by atoms with Crippen molar-refractivity contribution in [2.24, 2.45) is 5.41 Å². The number of rotatable bonds is 4. The van der Waals surface area contributed by atoms with Crippen LogP contribution in [0.15, 0.2) is 30.3 Å². The Bertz CT molecular complexity index is 857. The van der Waals surface area contributed by atoms with E-state index in [-0.39, 0.29) is 11.5 Å². The van der Waals surface area contributed by atoms with Gasteiger partial charge in [0.2, 0.25) is 5.28 Å². The number of methoxy groups -OCH3 is 1. The molecule has 6 heteroatoms. The summed E-state index contributed by atoms with van der Waals surface area (Å²) in [6.07, 6.45) is 2.16. The molecule has 1 aromatic heterocycles. The van der Waals surface area contributed by atoms with Crippen molar-refractivity contribution < 1.29 is 4.74 Å². The van der Waals surface area contributed by atoms with Crippen molar-refractivity contribution in [2.45, 2.75) is 52.3 Å². The van der Waals surface area contributed by atoms with Crippen LogP contribution in [0.25, 0.3) is 0 Å². The van der Waals surface area contributed by atoms with Crippen LogP contribution in [0, 0.1) is 5.41 Å². The molecule has 156 valence electrons. The highest BCUT2D eigenvalue weighted by Crippen LogP contribution is 2.37. The number of anilines is 1. The van der Waals surface area contributed by atoms with E-state index in [9.17, 15) is 0 Å². The predicted octanol–water partition coefficient (Wildman–Crippen LogP) is 4.50. The van der Waals surface area contributed by atoms with Crippen molar-refractivity contribution in [1.82, 2.24) is 14.9 Å². The van der Waals surface area contributed by atoms with Crippen molar-refractivity contribution >= 4 is 17.4 Å². The fourth-order valence-electron chi connectivity index (χ4n) is 4.88. The van der Waals surface area contributed by atoms with Crippen molar-refractivity contribution in [3.8, 4) is 0 Å². The molecule has 3 heterocycles. The van der Waals surface area contributed by atoms with Gasteiger partial charge < -0.3 is 9.64 Å². The van der Waals surface area contributed by atoms with Crippen LogP contribution in [0.5, 0.6) is 0 Å². The van der Waals surface area contributed by atoms with E-state index in [0.29, 0.717) is 11.3 Å². The molecule has 0 aliphatic carbocycles. The number of hydrogen-bond acceptors (Lipinski definition) is 5. The summed E-state index contributed by atoms with van der Waals surface area (Å²) in [6.45, 7) is 10.5. The Morgan fingerprint density at radius 2 is 1.93 bits per heavy atom. The first kappa shape index (κ1) is 20.6. The van der Waals surface area contributed by atoms with Gasteiger partial charge in [-0.2, -0.15) is 0 Å². The number of halogens is 1. The van der Waals surface area contributed by atoms with Gasteiger partial charge in [0.1, 0.15) is 5.82 Å². The number of aromatic nitrogens is 2. The molecule has 2 aromatic rings. The van der Waals surface area contributed by atoms with E-state index in [4.69, 9.17) is 21.3 Å². The third kappa shape index (κ3) is 4.14. The Hall–Kier alpha value is -1.69. The number of hydrogen-bond donors (Lipinski definition) is 0. The van der Waals surface area contributed by atoms with Crippen LogP contribution in [0.3, 0.4) is 0 Å². The van der Waals surface area contributed by atoms with Gasteiger partial charge in [-0.25, -0.2) is 9.97 Å². The third-order valence-corrected chi connectivity index (χ3v) is 6.75. The molecule has 0 amide bonds. The lowest BCUT2D eigenvalue weighted by Gasteiger charge is -2.45. The number of benzene rings is 1. The van der Waals surface area contributed by atoms with Gasteiger partial charge in [-0.15, -0.1) is 0 Å². The quantitative estimate of drug-likeness (QED) is 0.689. The van der Waals surface area contributed by atoms with Crippen LogP contribution >= 0.6 is 11.6 Å². The lowest BCUT2D eigenvalue weighted by Crippen LogP contribution is -2.50. The predicted molar refractivity (Wildman–Crippen MR) is 117 cm³/mol. The van der Waals surface area contributed by atoms with Gasteiger partial charge in [-0.05, 0) is 30.5 Å². The zero-order valence-electron chi connectivity index (χ0n) is 17.9. The molecule has 0 spiro atoms. The molecule has 1 fully saturated rings. The second-order valence-electron chi connectivity index (χ2n) is 8.97. The van der Waals surface area contributed by atoms with Crippen molar-refractivity contribution in [3.05, 3.63) is 52.4 Å². The Morgan fingerprint density at radius 3 is 2.62 bits per heavy atom. The first-order chi connectivity index (χ1) is 13.9. The minimum absolute atomic E-state index is 0.0585. The second-order valence-corrected chi connectivity index (χ2v) is 9.31. The molecule has 2 atom stereocenters. The average molecular weight is 415 g/mol. The van der Waals surface area contributed by atoms with Crippen molar-refractivity contribution in [3.63, 3.8) is 0 Å². The van der Waals surface area contributed by atoms with Crippen LogP contribution in [-0.4, -0.2) is 47.7 Å². The maximum Gasteiger partial charge on any atom is 0.224 e. The number of nitrogens with zero attached hydrogens (tertiary/aromatic N) is 4. The Morgan fingerprint density at radius 1 is 1.17 bits per heavy atom. The number of fused-ring (bicyclic) bond motifs is 1. The van der Waals surface area contributed by atoms with Crippen LogP contribution in [0.1, 0.15) is 50.1 Å². The SMILES string of the molecule is COC1CCN(c2nc(Cl)nc3c2CN([C@@H](C)c2ccccc2)CC3)CC1(C)C. The molecular weight excluding hydrogens is 384 g/mol. The molecular formula is C23H31ClN4O. The highest BCUT2D eigenvalue weighted by atomic mass is 35.5. The zero-order chi connectivity index (χ0) is 20.6. The van der Waals surface area contributed by atoms with E-state index in [1.165, 1.54) is 11.1 Å². The largest absolute Gasteiger partial charge is 0.381 e. The molecule has 0 bridgehead atoms. The van der Waals surface area contributed by atoms with Crippen LogP contribution in [0.4, 0.5) is 5.82 Å². The Labute approximate surface area is 179 Å². The summed E-state index contributed by atoms with van der Waals surface area (Å²) in [4.78, 5) is 14.2. The van der Waals surface area contributed by atoms with E-state index in [1.807, 2.05) is 7.11 Å². The Balaban J connectivity index is 1.62. The molecule has 2 aliphatic heterocycles. The Kier molecular flexibility index (Phi) is 5.83. The maximum atomic E-state index is 6.34. The smallest absolute Gasteiger partial charge is 0.224 e. The van der Waals surface area contributed by atoms with Gasteiger partial charge in [0.15, 0.2) is 0 Å². The summed E-state index contributed by atoms with van der Waals surface area (Å²) >= 11 is 6.34. The van der Waals surface area contributed by atoms with Gasteiger partial charge in [0.25, 0.3) is 0 Å². The van der Waals surface area contributed by atoms with Gasteiger partial charge >= 0.3 is 0 Å². The minimum Gasteiger partial charge on any atom is -0.381 e. The summed E-state index contributed by atoms with van der Waals surface area (Å²) in [7, 11) is 1.81. The lowest BCUT2D eigenvalue weighted by atomic mass is 9.81. The van der Waals surface area contributed by atoms with E-state index < -0.39 is 0 Å².